The van der Waals surface area contributed by atoms with Crippen molar-refractivity contribution in [3.05, 3.63) is 17.7 Å². The van der Waals surface area contributed by atoms with Gasteiger partial charge in [0.05, 0.1) is 5.56 Å². The van der Waals surface area contributed by atoms with Gasteiger partial charge in [0.2, 0.25) is 6.79 Å². The molecule has 1 unspecified atom stereocenters. The number of benzene rings is 1. The van der Waals surface area contributed by atoms with Crippen LogP contribution < -0.4 is 20.5 Å². The first-order chi connectivity index (χ1) is 9.11. The van der Waals surface area contributed by atoms with Gasteiger partial charge in [0.25, 0.3) is 5.91 Å². The summed E-state index contributed by atoms with van der Waals surface area (Å²) >= 11 is 0. The lowest BCUT2D eigenvalue weighted by Gasteiger charge is -2.12. The molecule has 0 spiro atoms. The van der Waals surface area contributed by atoms with E-state index in [4.69, 9.17) is 20.3 Å². The number of amides is 1. The third kappa shape index (κ3) is 3.08. The smallest absolute Gasteiger partial charge is 0.253 e. The van der Waals surface area contributed by atoms with Crippen LogP contribution in [0.4, 0.5) is 5.69 Å². The molecule has 6 nitrogen and oxygen atoms in total. The van der Waals surface area contributed by atoms with Gasteiger partial charge in [0, 0.05) is 24.9 Å². The van der Waals surface area contributed by atoms with Crippen molar-refractivity contribution in [2.45, 2.75) is 13.3 Å². The highest BCUT2D eigenvalue weighted by molar-refractivity contribution is 6.00. The summed E-state index contributed by atoms with van der Waals surface area (Å²) in [5.74, 6) is 1.05. The Labute approximate surface area is 111 Å². The highest BCUT2D eigenvalue weighted by Gasteiger charge is 2.19. The fourth-order valence-electron chi connectivity index (χ4n) is 1.84. The SMILES string of the molecule is CC(CCO)CNC(=O)c1cc2c(cc1N)OCO2. The van der Waals surface area contributed by atoms with Crippen LogP contribution in [-0.2, 0) is 0 Å². The maximum Gasteiger partial charge on any atom is 0.253 e. The fraction of sp³-hybridized carbons (Fsp3) is 0.462. The molecule has 4 N–H and O–H groups in total. The lowest BCUT2D eigenvalue weighted by Crippen LogP contribution is -2.29. The van der Waals surface area contributed by atoms with Crippen molar-refractivity contribution >= 4 is 11.6 Å². The normalized spacial score (nSPS) is 14.2. The predicted octanol–water partition coefficient (Wildman–Crippen LogP) is 0.746. The van der Waals surface area contributed by atoms with Gasteiger partial charge in [0.15, 0.2) is 11.5 Å². The molecule has 19 heavy (non-hydrogen) atoms. The van der Waals surface area contributed by atoms with E-state index < -0.39 is 0 Å². The summed E-state index contributed by atoms with van der Waals surface area (Å²) in [5, 5.41) is 11.6. The fourth-order valence-corrected chi connectivity index (χ4v) is 1.84. The quantitative estimate of drug-likeness (QED) is 0.684. The Morgan fingerprint density at radius 3 is 2.84 bits per heavy atom. The number of carbonyl (C=O) groups is 1. The average molecular weight is 266 g/mol. The Kier molecular flexibility index (Phi) is 4.11. The van der Waals surface area contributed by atoms with Crippen LogP contribution in [0.3, 0.4) is 0 Å². The number of anilines is 1. The van der Waals surface area contributed by atoms with Crippen LogP contribution >= 0.6 is 0 Å². The summed E-state index contributed by atoms with van der Waals surface area (Å²) in [4.78, 5) is 12.0. The number of hydrogen-bond donors (Lipinski definition) is 3. The van der Waals surface area contributed by atoms with Gasteiger partial charge in [-0.2, -0.15) is 0 Å². The molecule has 1 aromatic carbocycles. The van der Waals surface area contributed by atoms with Crippen molar-refractivity contribution in [1.82, 2.24) is 5.32 Å². The minimum absolute atomic E-state index is 0.114. The van der Waals surface area contributed by atoms with E-state index in [0.29, 0.717) is 35.7 Å². The van der Waals surface area contributed by atoms with Gasteiger partial charge in [0.1, 0.15) is 0 Å². The van der Waals surface area contributed by atoms with Crippen LogP contribution in [-0.4, -0.2) is 31.0 Å². The molecule has 104 valence electrons. The molecule has 2 rings (SSSR count). The van der Waals surface area contributed by atoms with Crippen LogP contribution in [0.5, 0.6) is 11.5 Å². The highest BCUT2D eigenvalue weighted by Crippen LogP contribution is 2.35. The number of nitrogens with two attached hydrogens (primary N) is 1. The van der Waals surface area contributed by atoms with Crippen LogP contribution in [0.25, 0.3) is 0 Å². The molecule has 0 fully saturated rings. The summed E-state index contributed by atoms with van der Waals surface area (Å²) in [7, 11) is 0. The zero-order chi connectivity index (χ0) is 13.8. The van der Waals surface area contributed by atoms with E-state index in [1.54, 1.807) is 12.1 Å². The minimum atomic E-state index is -0.249. The molecule has 1 aromatic rings. The molecular weight excluding hydrogens is 248 g/mol. The number of hydrogen-bond acceptors (Lipinski definition) is 5. The highest BCUT2D eigenvalue weighted by atomic mass is 16.7. The van der Waals surface area contributed by atoms with Crippen molar-refractivity contribution in [2.75, 3.05) is 25.7 Å². The molecular formula is C13H18N2O4. The predicted molar refractivity (Wildman–Crippen MR) is 70.2 cm³/mol. The number of carbonyl (C=O) groups excluding carboxylic acids is 1. The van der Waals surface area contributed by atoms with Gasteiger partial charge in [-0.15, -0.1) is 0 Å². The van der Waals surface area contributed by atoms with E-state index in [1.807, 2.05) is 6.92 Å². The molecule has 0 aromatic heterocycles. The van der Waals surface area contributed by atoms with E-state index in [0.717, 1.165) is 0 Å². The van der Waals surface area contributed by atoms with Crippen LogP contribution in [0, 0.1) is 5.92 Å². The summed E-state index contributed by atoms with van der Waals surface area (Å²) in [5.41, 5.74) is 6.56. The number of rotatable bonds is 5. The molecule has 1 amide bonds. The summed E-state index contributed by atoms with van der Waals surface area (Å²) < 4.78 is 10.4. The van der Waals surface area contributed by atoms with Crippen LogP contribution in [0.1, 0.15) is 23.7 Å². The molecule has 0 saturated carbocycles. The number of nitrogens with one attached hydrogen (secondary N) is 1. The number of aliphatic hydroxyl groups excluding tert-OH is 1. The van der Waals surface area contributed by atoms with E-state index in [1.165, 1.54) is 0 Å². The van der Waals surface area contributed by atoms with Gasteiger partial charge in [-0.3, -0.25) is 4.79 Å². The molecule has 0 saturated heterocycles. The summed E-state index contributed by atoms with van der Waals surface area (Å²) in [6, 6.07) is 3.18. The van der Waals surface area contributed by atoms with Crippen molar-refractivity contribution in [2.24, 2.45) is 5.92 Å². The van der Waals surface area contributed by atoms with Gasteiger partial charge in [-0.05, 0) is 18.4 Å². The Hall–Kier alpha value is -1.95. The maximum absolute atomic E-state index is 12.0. The standard InChI is InChI=1S/C13H18N2O4/c1-8(2-3-16)6-15-13(17)9-4-11-12(5-10(9)14)19-7-18-11/h4-5,8,16H,2-3,6-7,14H2,1H3,(H,15,17). The third-order valence-corrected chi connectivity index (χ3v) is 3.02. The summed E-state index contributed by atoms with van der Waals surface area (Å²) in [6.45, 7) is 2.71. The average Bonchev–Trinajstić information content (AvgIpc) is 2.82. The lowest BCUT2D eigenvalue weighted by atomic mass is 10.1. The van der Waals surface area contributed by atoms with Crippen molar-refractivity contribution in [3.8, 4) is 11.5 Å². The van der Waals surface area contributed by atoms with Crippen LogP contribution in [0.15, 0.2) is 12.1 Å². The molecule has 1 aliphatic heterocycles. The minimum Gasteiger partial charge on any atom is -0.454 e. The van der Waals surface area contributed by atoms with Crippen molar-refractivity contribution in [1.29, 1.82) is 0 Å². The monoisotopic (exact) mass is 266 g/mol. The zero-order valence-electron chi connectivity index (χ0n) is 10.8. The first-order valence-corrected chi connectivity index (χ1v) is 6.20. The second-order valence-corrected chi connectivity index (χ2v) is 4.62. The van der Waals surface area contributed by atoms with Gasteiger partial charge >= 0.3 is 0 Å². The second-order valence-electron chi connectivity index (χ2n) is 4.62. The Bertz CT molecular complexity index is 476. The summed E-state index contributed by atoms with van der Waals surface area (Å²) in [6.07, 6.45) is 0.650. The third-order valence-electron chi connectivity index (χ3n) is 3.02. The largest absolute Gasteiger partial charge is 0.454 e. The first kappa shape index (κ1) is 13.5. The lowest BCUT2D eigenvalue weighted by molar-refractivity contribution is 0.0946. The Morgan fingerprint density at radius 1 is 1.47 bits per heavy atom. The first-order valence-electron chi connectivity index (χ1n) is 6.20. The van der Waals surface area contributed by atoms with Crippen molar-refractivity contribution < 1.29 is 19.4 Å². The number of aliphatic hydroxyl groups is 1. The number of fused-ring (bicyclic) bond motifs is 1. The zero-order valence-corrected chi connectivity index (χ0v) is 10.8. The topological polar surface area (TPSA) is 93.8 Å². The van der Waals surface area contributed by atoms with Gasteiger partial charge < -0.3 is 25.6 Å². The van der Waals surface area contributed by atoms with Gasteiger partial charge in [-0.1, -0.05) is 6.92 Å². The van der Waals surface area contributed by atoms with Gasteiger partial charge in [-0.25, -0.2) is 0 Å². The molecule has 1 heterocycles. The molecule has 1 atom stereocenters. The van der Waals surface area contributed by atoms with E-state index >= 15 is 0 Å². The van der Waals surface area contributed by atoms with E-state index in [9.17, 15) is 4.79 Å². The van der Waals surface area contributed by atoms with Crippen molar-refractivity contribution in [3.63, 3.8) is 0 Å². The second kappa shape index (κ2) is 5.79. The molecule has 6 heteroatoms. The van der Waals surface area contributed by atoms with Crippen LogP contribution in [0.2, 0.25) is 0 Å². The molecule has 0 bridgehead atoms. The Balaban J connectivity index is 2.03. The number of nitrogen functional groups attached to an aromatic ring is 1. The maximum atomic E-state index is 12.0. The number of ether oxygens (including phenoxy) is 2. The molecule has 0 aliphatic carbocycles. The molecule has 0 radical (unpaired) electrons. The Morgan fingerprint density at radius 2 is 2.16 bits per heavy atom. The van der Waals surface area contributed by atoms with E-state index in [2.05, 4.69) is 5.32 Å². The van der Waals surface area contributed by atoms with E-state index in [-0.39, 0.29) is 25.2 Å². The molecule has 1 aliphatic rings.